The van der Waals surface area contributed by atoms with E-state index < -0.39 is 34.8 Å². The minimum absolute atomic E-state index is 0.140. The van der Waals surface area contributed by atoms with Crippen LogP contribution in [0.2, 0.25) is 0 Å². The largest absolute Gasteiger partial charge is 0.388 e. The summed E-state index contributed by atoms with van der Waals surface area (Å²) in [4.78, 5) is 37.8. The van der Waals surface area contributed by atoms with Crippen LogP contribution in [0.4, 0.5) is 0 Å². The third-order valence-electron chi connectivity index (χ3n) is 4.75. The first-order chi connectivity index (χ1) is 12.6. The van der Waals surface area contributed by atoms with E-state index in [4.69, 9.17) is 9.47 Å². The second kappa shape index (κ2) is 7.06. The van der Waals surface area contributed by atoms with E-state index in [0.29, 0.717) is 12.0 Å². The molecule has 2 unspecified atom stereocenters. The molecule has 1 aromatic rings. The van der Waals surface area contributed by atoms with Gasteiger partial charge in [-0.05, 0) is 26.8 Å². The van der Waals surface area contributed by atoms with E-state index >= 15 is 0 Å². The van der Waals surface area contributed by atoms with Gasteiger partial charge in [0.1, 0.15) is 0 Å². The van der Waals surface area contributed by atoms with E-state index in [-0.39, 0.29) is 25.5 Å². The van der Waals surface area contributed by atoms with Crippen molar-refractivity contribution in [3.63, 3.8) is 0 Å². The first kappa shape index (κ1) is 19.5. The fourth-order valence-electron chi connectivity index (χ4n) is 3.51. The molecule has 4 atom stereocenters. The van der Waals surface area contributed by atoms with Gasteiger partial charge in [-0.1, -0.05) is 6.08 Å². The summed E-state index contributed by atoms with van der Waals surface area (Å²) in [5.41, 5.74) is -2.18. The van der Waals surface area contributed by atoms with Crippen LogP contribution < -0.4 is 16.6 Å². The van der Waals surface area contributed by atoms with Crippen molar-refractivity contribution in [2.75, 3.05) is 13.2 Å². The number of nitrogens with zero attached hydrogens (tertiary/aromatic N) is 1. The van der Waals surface area contributed by atoms with Gasteiger partial charge in [0.25, 0.3) is 5.56 Å². The molecule has 9 nitrogen and oxygen atoms in total. The third kappa shape index (κ3) is 4.55. The fraction of sp³-hybridized carbons (Fsp3) is 0.611. The van der Waals surface area contributed by atoms with E-state index in [1.807, 2.05) is 0 Å². The molecule has 3 heterocycles. The molecule has 3 rings (SSSR count). The first-order valence-corrected chi connectivity index (χ1v) is 8.86. The summed E-state index contributed by atoms with van der Waals surface area (Å²) in [6, 6.07) is 0. The van der Waals surface area contributed by atoms with Crippen LogP contribution in [0.25, 0.3) is 0 Å². The molecular weight excluding hydrogens is 354 g/mol. The molecule has 0 bridgehead atoms. The molecule has 1 aromatic heterocycles. The molecule has 0 spiro atoms. The predicted molar refractivity (Wildman–Crippen MR) is 96.3 cm³/mol. The summed E-state index contributed by atoms with van der Waals surface area (Å²) in [6.07, 6.45) is 4.41. The number of aliphatic hydroxyl groups is 1. The molecule has 148 valence electrons. The zero-order chi connectivity index (χ0) is 19.8. The average molecular weight is 379 g/mol. The molecule has 0 aliphatic carbocycles. The van der Waals surface area contributed by atoms with Crippen LogP contribution in [-0.2, 0) is 14.3 Å². The summed E-state index contributed by atoms with van der Waals surface area (Å²) >= 11 is 0. The molecule has 2 aliphatic rings. The number of carbonyl (C=O) groups is 1. The van der Waals surface area contributed by atoms with Crippen molar-refractivity contribution in [2.24, 2.45) is 0 Å². The molecule has 9 heteroatoms. The Kier molecular flexibility index (Phi) is 5.11. The Morgan fingerprint density at radius 1 is 1.41 bits per heavy atom. The molecule has 1 saturated heterocycles. The fourth-order valence-corrected chi connectivity index (χ4v) is 3.51. The van der Waals surface area contributed by atoms with Gasteiger partial charge in [-0.15, -0.1) is 0 Å². The monoisotopic (exact) mass is 379 g/mol. The molecule has 27 heavy (non-hydrogen) atoms. The maximum atomic E-state index is 12.2. The highest BCUT2D eigenvalue weighted by Gasteiger charge is 2.43. The van der Waals surface area contributed by atoms with Crippen LogP contribution in [0.15, 0.2) is 27.9 Å². The summed E-state index contributed by atoms with van der Waals surface area (Å²) in [7, 11) is 0. The molecule has 2 aliphatic heterocycles. The number of hydrogen-bond donors (Lipinski definition) is 3. The minimum Gasteiger partial charge on any atom is -0.388 e. The molecule has 1 fully saturated rings. The van der Waals surface area contributed by atoms with E-state index in [2.05, 4.69) is 10.3 Å². The van der Waals surface area contributed by atoms with E-state index in [0.717, 1.165) is 0 Å². The SMILES string of the molecule is Cc1cn([C@H]2C=C[C@@H](CNC(=O)CC3(C)CC(C)(O)CO3)O2)c(=O)[nH]c1=O. The molecule has 0 saturated carbocycles. The van der Waals surface area contributed by atoms with Crippen molar-refractivity contribution in [1.82, 2.24) is 14.9 Å². The highest BCUT2D eigenvalue weighted by atomic mass is 16.5. The van der Waals surface area contributed by atoms with Gasteiger partial charge in [0.15, 0.2) is 6.23 Å². The Morgan fingerprint density at radius 3 is 2.81 bits per heavy atom. The van der Waals surface area contributed by atoms with Crippen LogP contribution in [0, 0.1) is 6.92 Å². The maximum Gasteiger partial charge on any atom is 0.330 e. The third-order valence-corrected chi connectivity index (χ3v) is 4.75. The first-order valence-electron chi connectivity index (χ1n) is 8.86. The molecule has 0 aromatic carbocycles. The highest BCUT2D eigenvalue weighted by molar-refractivity contribution is 5.77. The quantitative estimate of drug-likeness (QED) is 0.606. The van der Waals surface area contributed by atoms with E-state index in [1.165, 1.54) is 10.8 Å². The number of aryl methyl sites for hydroxylation is 1. The number of aromatic amines is 1. The zero-order valence-electron chi connectivity index (χ0n) is 15.7. The van der Waals surface area contributed by atoms with E-state index in [9.17, 15) is 19.5 Å². The van der Waals surface area contributed by atoms with Gasteiger partial charge in [0, 0.05) is 24.7 Å². The lowest BCUT2D eigenvalue weighted by atomic mass is 9.91. The van der Waals surface area contributed by atoms with Crippen LogP contribution >= 0.6 is 0 Å². The van der Waals surface area contributed by atoms with Crippen molar-refractivity contribution < 1.29 is 19.4 Å². The van der Waals surface area contributed by atoms with Gasteiger partial charge in [-0.3, -0.25) is 19.1 Å². The zero-order valence-corrected chi connectivity index (χ0v) is 15.7. The Bertz CT molecular complexity index is 871. The van der Waals surface area contributed by atoms with Gasteiger partial charge in [-0.2, -0.15) is 0 Å². The van der Waals surface area contributed by atoms with Crippen molar-refractivity contribution in [3.05, 3.63) is 44.8 Å². The molecule has 0 radical (unpaired) electrons. The van der Waals surface area contributed by atoms with Crippen molar-refractivity contribution in [1.29, 1.82) is 0 Å². The summed E-state index contributed by atoms with van der Waals surface area (Å²) in [5.74, 6) is -0.201. The lowest BCUT2D eigenvalue weighted by Crippen LogP contribution is -2.39. The van der Waals surface area contributed by atoms with Crippen molar-refractivity contribution in [2.45, 2.75) is 57.1 Å². The summed E-state index contributed by atoms with van der Waals surface area (Å²) in [5, 5.41) is 12.8. The Balaban J connectivity index is 1.52. The van der Waals surface area contributed by atoms with Crippen molar-refractivity contribution >= 4 is 5.91 Å². The number of H-pyrrole nitrogens is 1. The number of rotatable bonds is 5. The Hall–Kier alpha value is -2.23. The second-order valence-corrected chi connectivity index (χ2v) is 7.82. The Labute approximate surface area is 156 Å². The lowest BCUT2D eigenvalue weighted by Gasteiger charge is -2.24. The number of amides is 1. The predicted octanol–water partition coefficient (Wildman–Crippen LogP) is -0.265. The van der Waals surface area contributed by atoms with Gasteiger partial charge in [0.2, 0.25) is 5.91 Å². The standard InChI is InChI=1S/C18H25N3O6/c1-11-8-21(16(24)20-15(11)23)14-5-4-12(27-14)7-19-13(22)6-18(3)9-17(2,25)10-26-18/h4-5,8,12,14,25H,6-7,9-10H2,1-3H3,(H,19,22)(H,20,23,24)/t12-,14+,17?,18?/m0/s1. The van der Waals surface area contributed by atoms with Crippen LogP contribution in [0.3, 0.4) is 0 Å². The summed E-state index contributed by atoms with van der Waals surface area (Å²) < 4.78 is 12.6. The number of aromatic nitrogens is 2. The normalized spacial score (nSPS) is 32.7. The number of nitrogens with one attached hydrogen (secondary N) is 2. The van der Waals surface area contributed by atoms with E-state index in [1.54, 1.807) is 32.9 Å². The van der Waals surface area contributed by atoms with Gasteiger partial charge < -0.3 is 19.9 Å². The van der Waals surface area contributed by atoms with Crippen molar-refractivity contribution in [3.8, 4) is 0 Å². The molecular formula is C18H25N3O6. The average Bonchev–Trinajstić information content (AvgIpc) is 3.13. The minimum atomic E-state index is -0.915. The van der Waals surface area contributed by atoms with Crippen LogP contribution in [0.1, 0.15) is 38.5 Å². The smallest absolute Gasteiger partial charge is 0.330 e. The molecule has 3 N–H and O–H groups in total. The topological polar surface area (TPSA) is 123 Å². The van der Waals surface area contributed by atoms with Gasteiger partial charge in [-0.25, -0.2) is 4.79 Å². The number of ether oxygens (including phenoxy) is 2. The van der Waals surface area contributed by atoms with Gasteiger partial charge >= 0.3 is 5.69 Å². The lowest BCUT2D eigenvalue weighted by molar-refractivity contribution is -0.126. The summed E-state index contributed by atoms with van der Waals surface area (Å²) in [6.45, 7) is 5.55. The van der Waals surface area contributed by atoms with Gasteiger partial charge in [0.05, 0.1) is 30.3 Å². The number of hydrogen-bond acceptors (Lipinski definition) is 6. The maximum absolute atomic E-state index is 12.2. The number of carbonyl (C=O) groups excluding carboxylic acids is 1. The Morgan fingerprint density at radius 2 is 2.15 bits per heavy atom. The van der Waals surface area contributed by atoms with Crippen LogP contribution in [-0.4, -0.2) is 51.0 Å². The highest BCUT2D eigenvalue weighted by Crippen LogP contribution is 2.35. The second-order valence-electron chi connectivity index (χ2n) is 7.82. The molecule has 1 amide bonds. The van der Waals surface area contributed by atoms with Crippen LogP contribution in [0.5, 0.6) is 0 Å².